The number of rotatable bonds is 1. The highest BCUT2D eigenvalue weighted by Crippen LogP contribution is 2.52. The van der Waals surface area contributed by atoms with Crippen LogP contribution in [0.3, 0.4) is 0 Å². The topological polar surface area (TPSA) is 0 Å². The molecule has 6 aliphatic rings. The first-order chi connectivity index (χ1) is 19.3. The van der Waals surface area contributed by atoms with Crippen molar-refractivity contribution < 1.29 is 0 Å². The van der Waals surface area contributed by atoms with E-state index < -0.39 is 0 Å². The zero-order valence-electron chi connectivity index (χ0n) is 28.6. The summed E-state index contributed by atoms with van der Waals surface area (Å²) in [6, 6.07) is 0. The Morgan fingerprint density at radius 1 is 0.359 bits per heavy atom. The monoisotopic (exact) mass is 541 g/mol. The zero-order chi connectivity index (χ0) is 29.0. The third-order valence-electron chi connectivity index (χ3n) is 9.92. The lowest BCUT2D eigenvalue weighted by molar-refractivity contribution is 0.299. The molecule has 6 aliphatic carbocycles. The van der Waals surface area contributed by atoms with Crippen LogP contribution < -0.4 is 0 Å². The van der Waals surface area contributed by atoms with Gasteiger partial charge in [0.1, 0.15) is 0 Å². The third-order valence-corrected chi connectivity index (χ3v) is 9.92. The molecule has 39 heavy (non-hydrogen) atoms. The Morgan fingerprint density at radius 2 is 0.769 bits per heavy atom. The van der Waals surface area contributed by atoms with Gasteiger partial charge in [0.2, 0.25) is 0 Å². The van der Waals surface area contributed by atoms with Crippen molar-refractivity contribution in [2.75, 3.05) is 0 Å². The van der Waals surface area contributed by atoms with Gasteiger partial charge in [0.25, 0.3) is 0 Å². The van der Waals surface area contributed by atoms with Crippen LogP contribution in [0.25, 0.3) is 0 Å². The standard InChI is InChI=1S/C25H36.C6H12.4C2H6/c1-17-7-4-12-22-21(17)11-6-14-23(22)24-13-5-10-20-15-18-8-2-3-9-19(18)16-25(20)24;1-2-4-6-5-3-1;4*1-2/h17,23-24H,2-16H2,1H3;1-6H2;4*1-2H3. The number of hydrogen-bond acceptors (Lipinski definition) is 0. The van der Waals surface area contributed by atoms with Crippen LogP contribution >= 0.6 is 0 Å². The fourth-order valence-corrected chi connectivity index (χ4v) is 8.25. The summed E-state index contributed by atoms with van der Waals surface area (Å²) < 4.78 is 0. The molecule has 1 fully saturated rings. The molecule has 0 nitrogen and oxygen atoms in total. The van der Waals surface area contributed by atoms with Crippen molar-refractivity contribution in [3.63, 3.8) is 0 Å². The Morgan fingerprint density at radius 3 is 1.33 bits per heavy atom. The van der Waals surface area contributed by atoms with Gasteiger partial charge in [-0.15, -0.1) is 0 Å². The predicted octanol–water partition coefficient (Wildman–Crippen LogP) is 14.1. The fourth-order valence-electron chi connectivity index (χ4n) is 8.25. The highest BCUT2D eigenvalue weighted by Gasteiger charge is 2.38. The van der Waals surface area contributed by atoms with Gasteiger partial charge in [0, 0.05) is 0 Å². The molecular formula is C39H72. The van der Waals surface area contributed by atoms with E-state index in [9.17, 15) is 0 Å². The van der Waals surface area contributed by atoms with Gasteiger partial charge in [-0.3, -0.25) is 0 Å². The molecule has 0 saturated heterocycles. The van der Waals surface area contributed by atoms with Gasteiger partial charge in [0.05, 0.1) is 0 Å². The number of hydrogen-bond donors (Lipinski definition) is 0. The van der Waals surface area contributed by atoms with Gasteiger partial charge in [-0.25, -0.2) is 0 Å². The summed E-state index contributed by atoms with van der Waals surface area (Å²) in [4.78, 5) is 0. The lowest BCUT2D eigenvalue weighted by atomic mass is 9.61. The van der Waals surface area contributed by atoms with Crippen molar-refractivity contribution in [1.29, 1.82) is 0 Å². The maximum atomic E-state index is 2.52. The zero-order valence-corrected chi connectivity index (χ0v) is 28.6. The van der Waals surface area contributed by atoms with Gasteiger partial charge in [-0.05, 0) is 114 Å². The van der Waals surface area contributed by atoms with Crippen molar-refractivity contribution in [1.82, 2.24) is 0 Å². The van der Waals surface area contributed by atoms with Crippen LogP contribution in [0, 0.1) is 17.8 Å². The van der Waals surface area contributed by atoms with E-state index in [1.807, 2.05) is 88.8 Å². The quantitative estimate of drug-likeness (QED) is 0.290. The fraction of sp³-hybridized carbons (Fsp3) is 0.846. The highest BCUT2D eigenvalue weighted by molar-refractivity contribution is 5.40. The van der Waals surface area contributed by atoms with Crippen LogP contribution in [0.1, 0.15) is 197 Å². The number of allylic oxidation sites excluding steroid dienone is 6. The normalized spacial score (nSPS) is 27.5. The minimum Gasteiger partial charge on any atom is -0.0683 e. The molecule has 0 aromatic rings. The first kappa shape index (κ1) is 36.2. The van der Waals surface area contributed by atoms with E-state index in [1.54, 1.807) is 0 Å². The molecule has 0 heterocycles. The average Bonchev–Trinajstić information content (AvgIpc) is 3.05. The van der Waals surface area contributed by atoms with Crippen molar-refractivity contribution in [2.24, 2.45) is 17.8 Å². The van der Waals surface area contributed by atoms with Crippen LogP contribution in [0.4, 0.5) is 0 Å². The van der Waals surface area contributed by atoms with E-state index in [-0.39, 0.29) is 0 Å². The Kier molecular flexibility index (Phi) is 20.4. The molecule has 0 aromatic heterocycles. The van der Waals surface area contributed by atoms with Crippen LogP contribution in [0.15, 0.2) is 33.4 Å². The second-order valence-corrected chi connectivity index (χ2v) is 11.9. The molecule has 3 atom stereocenters. The maximum absolute atomic E-state index is 2.52. The molecule has 6 rings (SSSR count). The molecule has 0 spiro atoms. The molecule has 1 saturated carbocycles. The minimum absolute atomic E-state index is 0.891. The van der Waals surface area contributed by atoms with Crippen LogP contribution in [0.5, 0.6) is 0 Å². The van der Waals surface area contributed by atoms with E-state index in [2.05, 4.69) is 6.92 Å². The maximum Gasteiger partial charge on any atom is -0.00999 e. The molecule has 0 aliphatic heterocycles. The summed E-state index contributed by atoms with van der Waals surface area (Å²) in [5.41, 5.74) is 11.5. The van der Waals surface area contributed by atoms with Gasteiger partial charge in [0.15, 0.2) is 0 Å². The van der Waals surface area contributed by atoms with Gasteiger partial charge in [-0.2, -0.15) is 0 Å². The average molecular weight is 541 g/mol. The minimum atomic E-state index is 0.891. The third kappa shape index (κ3) is 10.5. The second kappa shape index (κ2) is 21.9. The van der Waals surface area contributed by atoms with Crippen molar-refractivity contribution >= 4 is 0 Å². The second-order valence-electron chi connectivity index (χ2n) is 11.9. The van der Waals surface area contributed by atoms with E-state index in [0.717, 1.165) is 17.8 Å². The Balaban J connectivity index is 0.000000460. The Labute approximate surface area is 248 Å². The smallest absolute Gasteiger partial charge is 0.00999 e. The summed E-state index contributed by atoms with van der Waals surface area (Å²) in [5, 5.41) is 0. The van der Waals surface area contributed by atoms with Crippen molar-refractivity contribution in [3.05, 3.63) is 33.4 Å². The van der Waals surface area contributed by atoms with E-state index in [0.29, 0.717) is 0 Å². The van der Waals surface area contributed by atoms with Crippen molar-refractivity contribution in [3.8, 4) is 0 Å². The Bertz CT molecular complexity index is 714. The largest absolute Gasteiger partial charge is 0.0683 e. The molecule has 0 amide bonds. The van der Waals surface area contributed by atoms with Gasteiger partial charge >= 0.3 is 0 Å². The summed E-state index contributed by atoms with van der Waals surface area (Å²) in [6.45, 7) is 18.5. The summed E-state index contributed by atoms with van der Waals surface area (Å²) in [5.74, 6) is 2.75. The van der Waals surface area contributed by atoms with Crippen LogP contribution in [-0.2, 0) is 0 Å². The summed E-state index contributed by atoms with van der Waals surface area (Å²) in [6.07, 6.45) is 30.7. The first-order valence-corrected chi connectivity index (χ1v) is 18.4. The summed E-state index contributed by atoms with van der Waals surface area (Å²) >= 11 is 0. The SMILES string of the molecule is C1CCCCC1.CC.CC.CC.CC.CC1CCCC2=C1CCCC2C1CCCC2=C1CC1=C(CCCC1)C2. The first-order valence-electron chi connectivity index (χ1n) is 18.4. The van der Waals surface area contributed by atoms with E-state index in [1.165, 1.54) is 135 Å². The van der Waals surface area contributed by atoms with Gasteiger partial charge < -0.3 is 0 Å². The van der Waals surface area contributed by atoms with E-state index >= 15 is 0 Å². The lowest BCUT2D eigenvalue weighted by Gasteiger charge is -2.44. The van der Waals surface area contributed by atoms with Crippen molar-refractivity contribution in [2.45, 2.75) is 197 Å². The van der Waals surface area contributed by atoms with Crippen LogP contribution in [0.2, 0.25) is 0 Å². The Hall–Kier alpha value is -0.780. The van der Waals surface area contributed by atoms with Crippen LogP contribution in [-0.4, -0.2) is 0 Å². The molecule has 0 N–H and O–H groups in total. The summed E-state index contributed by atoms with van der Waals surface area (Å²) in [7, 11) is 0. The highest BCUT2D eigenvalue weighted by atomic mass is 14.4. The molecule has 0 heteroatoms. The molecule has 0 radical (unpaired) electrons. The predicted molar refractivity (Wildman–Crippen MR) is 180 cm³/mol. The molecule has 0 aromatic carbocycles. The van der Waals surface area contributed by atoms with Gasteiger partial charge in [-0.1, -0.05) is 134 Å². The molecular weight excluding hydrogens is 468 g/mol. The lowest BCUT2D eigenvalue weighted by Crippen LogP contribution is -2.30. The molecule has 228 valence electrons. The van der Waals surface area contributed by atoms with E-state index in [4.69, 9.17) is 0 Å². The molecule has 3 unspecified atom stereocenters. The molecule has 0 bridgehead atoms.